The molecule has 50 valence electrons. The molecule has 0 aliphatic heterocycles. The first-order valence-corrected chi connectivity index (χ1v) is 3.78. The lowest BCUT2D eigenvalue weighted by Crippen LogP contribution is -2.17. The van der Waals surface area contributed by atoms with Gasteiger partial charge in [0.25, 0.3) is 0 Å². The third kappa shape index (κ3) is 0.715. The van der Waals surface area contributed by atoms with Crippen LogP contribution in [0.4, 0.5) is 0 Å². The van der Waals surface area contributed by atoms with E-state index in [1.165, 1.54) is 12.8 Å². The standard InChI is InChI=1S/C8H13N/c9-5-8-4-6-1-2-7(8)3-6/h1-2,6-8H,3-5,9H2/t6?,7?,8-/m0/s1. The summed E-state index contributed by atoms with van der Waals surface area (Å²) in [5, 5.41) is 0. The Morgan fingerprint density at radius 3 is 2.56 bits per heavy atom. The van der Waals surface area contributed by atoms with Gasteiger partial charge in [-0.1, -0.05) is 12.2 Å². The summed E-state index contributed by atoms with van der Waals surface area (Å²) in [6.07, 6.45) is 7.46. The van der Waals surface area contributed by atoms with Crippen LogP contribution in [0.5, 0.6) is 0 Å². The van der Waals surface area contributed by atoms with E-state index in [2.05, 4.69) is 12.2 Å². The minimum absolute atomic E-state index is 0.819. The van der Waals surface area contributed by atoms with Crippen LogP contribution < -0.4 is 5.73 Å². The van der Waals surface area contributed by atoms with Gasteiger partial charge in [0.05, 0.1) is 0 Å². The van der Waals surface area contributed by atoms with Crippen LogP contribution in [0.15, 0.2) is 12.2 Å². The highest BCUT2D eigenvalue weighted by Gasteiger charge is 2.34. The number of fused-ring (bicyclic) bond motifs is 2. The first kappa shape index (κ1) is 5.48. The Bertz CT molecular complexity index is 140. The van der Waals surface area contributed by atoms with Gasteiger partial charge in [-0.25, -0.2) is 0 Å². The average molecular weight is 123 g/mol. The molecule has 2 bridgehead atoms. The zero-order valence-electron chi connectivity index (χ0n) is 5.59. The van der Waals surface area contributed by atoms with Crippen LogP contribution in [-0.4, -0.2) is 6.54 Å². The molecule has 0 aromatic rings. The van der Waals surface area contributed by atoms with Crippen molar-refractivity contribution in [1.29, 1.82) is 0 Å². The first-order valence-electron chi connectivity index (χ1n) is 3.78. The number of nitrogens with two attached hydrogens (primary N) is 1. The smallest absolute Gasteiger partial charge is 0.00430 e. The summed E-state index contributed by atoms with van der Waals surface area (Å²) in [6.45, 7) is 0.894. The van der Waals surface area contributed by atoms with E-state index in [1.54, 1.807) is 0 Å². The van der Waals surface area contributed by atoms with E-state index in [0.717, 1.165) is 24.3 Å². The Balaban J connectivity index is 2.10. The number of hydrogen-bond donors (Lipinski definition) is 1. The molecule has 2 N–H and O–H groups in total. The summed E-state index contributed by atoms with van der Waals surface area (Å²) in [4.78, 5) is 0. The van der Waals surface area contributed by atoms with Crippen molar-refractivity contribution in [2.24, 2.45) is 23.5 Å². The van der Waals surface area contributed by atoms with Crippen LogP contribution in [0.25, 0.3) is 0 Å². The van der Waals surface area contributed by atoms with Gasteiger partial charge in [0, 0.05) is 0 Å². The van der Waals surface area contributed by atoms with Crippen LogP contribution in [0.2, 0.25) is 0 Å². The Labute approximate surface area is 55.9 Å². The van der Waals surface area contributed by atoms with E-state index < -0.39 is 0 Å². The maximum atomic E-state index is 5.59. The predicted molar refractivity (Wildman–Crippen MR) is 37.9 cm³/mol. The minimum atomic E-state index is 0.819. The number of hydrogen-bond acceptors (Lipinski definition) is 1. The van der Waals surface area contributed by atoms with Crippen molar-refractivity contribution < 1.29 is 0 Å². The van der Waals surface area contributed by atoms with Crippen molar-refractivity contribution in [1.82, 2.24) is 0 Å². The number of rotatable bonds is 1. The van der Waals surface area contributed by atoms with E-state index in [0.29, 0.717) is 0 Å². The lowest BCUT2D eigenvalue weighted by Gasteiger charge is -2.14. The summed E-state index contributed by atoms with van der Waals surface area (Å²) in [7, 11) is 0. The van der Waals surface area contributed by atoms with Crippen LogP contribution in [-0.2, 0) is 0 Å². The van der Waals surface area contributed by atoms with Gasteiger partial charge in [0.1, 0.15) is 0 Å². The summed E-state index contributed by atoms with van der Waals surface area (Å²) in [5.74, 6) is 2.56. The molecule has 2 unspecified atom stereocenters. The second kappa shape index (κ2) is 1.84. The molecule has 0 saturated heterocycles. The summed E-state index contributed by atoms with van der Waals surface area (Å²) < 4.78 is 0. The molecule has 2 rings (SSSR count). The van der Waals surface area contributed by atoms with Gasteiger partial charge < -0.3 is 5.73 Å². The van der Waals surface area contributed by atoms with Crippen LogP contribution in [0, 0.1) is 17.8 Å². The summed E-state index contributed by atoms with van der Waals surface area (Å²) >= 11 is 0. The second-order valence-electron chi connectivity index (χ2n) is 3.28. The molecule has 0 spiro atoms. The minimum Gasteiger partial charge on any atom is -0.330 e. The van der Waals surface area contributed by atoms with Crippen molar-refractivity contribution in [3.63, 3.8) is 0 Å². The Kier molecular flexibility index (Phi) is 1.12. The zero-order chi connectivity index (χ0) is 6.27. The van der Waals surface area contributed by atoms with Gasteiger partial charge in [0.15, 0.2) is 0 Å². The molecule has 0 aromatic heterocycles. The lowest BCUT2D eigenvalue weighted by molar-refractivity contribution is 0.459. The van der Waals surface area contributed by atoms with Gasteiger partial charge in [-0.05, 0) is 37.1 Å². The molecule has 0 aromatic carbocycles. The average Bonchev–Trinajstić information content (AvgIpc) is 2.45. The van der Waals surface area contributed by atoms with Gasteiger partial charge >= 0.3 is 0 Å². The van der Waals surface area contributed by atoms with Crippen molar-refractivity contribution in [3.05, 3.63) is 12.2 Å². The molecule has 1 heteroatoms. The third-order valence-corrected chi connectivity index (χ3v) is 2.72. The molecular weight excluding hydrogens is 110 g/mol. The van der Waals surface area contributed by atoms with E-state index in [1.807, 2.05) is 0 Å². The fourth-order valence-electron chi connectivity index (χ4n) is 2.17. The third-order valence-electron chi connectivity index (χ3n) is 2.72. The van der Waals surface area contributed by atoms with Crippen molar-refractivity contribution in [2.45, 2.75) is 12.8 Å². The second-order valence-corrected chi connectivity index (χ2v) is 3.28. The molecule has 1 fully saturated rings. The summed E-state index contributed by atoms with van der Waals surface area (Å²) in [6, 6.07) is 0. The van der Waals surface area contributed by atoms with Crippen LogP contribution in [0.1, 0.15) is 12.8 Å². The van der Waals surface area contributed by atoms with Crippen molar-refractivity contribution in [2.75, 3.05) is 6.54 Å². The lowest BCUT2D eigenvalue weighted by atomic mass is 9.94. The normalized spacial score (nSPS) is 46.6. The monoisotopic (exact) mass is 123 g/mol. The van der Waals surface area contributed by atoms with E-state index in [-0.39, 0.29) is 0 Å². The van der Waals surface area contributed by atoms with E-state index >= 15 is 0 Å². The van der Waals surface area contributed by atoms with Crippen LogP contribution in [0.3, 0.4) is 0 Å². The fraction of sp³-hybridized carbons (Fsp3) is 0.750. The van der Waals surface area contributed by atoms with Gasteiger partial charge in [-0.2, -0.15) is 0 Å². The quantitative estimate of drug-likeness (QED) is 0.520. The van der Waals surface area contributed by atoms with Crippen LogP contribution >= 0.6 is 0 Å². The van der Waals surface area contributed by atoms with Gasteiger partial charge in [-0.15, -0.1) is 0 Å². The molecule has 0 radical (unpaired) electrons. The molecule has 9 heavy (non-hydrogen) atoms. The maximum absolute atomic E-state index is 5.59. The SMILES string of the molecule is NC[C@@H]1CC2C=CC1C2. The largest absolute Gasteiger partial charge is 0.330 e. The Hall–Kier alpha value is -0.300. The Morgan fingerprint density at radius 1 is 1.33 bits per heavy atom. The zero-order valence-corrected chi connectivity index (χ0v) is 5.59. The molecule has 3 atom stereocenters. The molecule has 0 heterocycles. The number of allylic oxidation sites excluding steroid dienone is 2. The van der Waals surface area contributed by atoms with Gasteiger partial charge in [0.2, 0.25) is 0 Å². The van der Waals surface area contributed by atoms with E-state index in [4.69, 9.17) is 5.73 Å². The van der Waals surface area contributed by atoms with Gasteiger partial charge in [-0.3, -0.25) is 0 Å². The van der Waals surface area contributed by atoms with E-state index in [9.17, 15) is 0 Å². The highest BCUT2D eigenvalue weighted by atomic mass is 14.6. The predicted octanol–water partition coefficient (Wildman–Crippen LogP) is 1.16. The molecule has 2 aliphatic rings. The highest BCUT2D eigenvalue weighted by Crippen LogP contribution is 2.42. The van der Waals surface area contributed by atoms with Crippen molar-refractivity contribution >= 4 is 0 Å². The molecule has 1 saturated carbocycles. The molecule has 2 aliphatic carbocycles. The Morgan fingerprint density at radius 2 is 2.22 bits per heavy atom. The fourth-order valence-corrected chi connectivity index (χ4v) is 2.17. The topological polar surface area (TPSA) is 26.0 Å². The first-order chi connectivity index (χ1) is 4.40. The highest BCUT2D eigenvalue weighted by molar-refractivity contribution is 5.10. The molecular formula is C8H13N. The molecule has 0 amide bonds. The molecule has 1 nitrogen and oxygen atoms in total. The van der Waals surface area contributed by atoms with Crippen molar-refractivity contribution in [3.8, 4) is 0 Å². The summed E-state index contributed by atoms with van der Waals surface area (Å²) in [5.41, 5.74) is 5.59. The maximum Gasteiger partial charge on any atom is -0.00430 e.